The van der Waals surface area contributed by atoms with Gasteiger partial charge in [-0.15, -0.1) is 0 Å². The Bertz CT molecular complexity index is 437. The molecular weight excluding hydrogens is 228 g/mol. The fourth-order valence-corrected chi connectivity index (χ4v) is 2.35. The van der Waals surface area contributed by atoms with Crippen molar-refractivity contribution in [3.63, 3.8) is 0 Å². The van der Waals surface area contributed by atoms with Crippen LogP contribution in [0.3, 0.4) is 0 Å². The van der Waals surface area contributed by atoms with Gasteiger partial charge in [-0.2, -0.15) is 0 Å². The van der Waals surface area contributed by atoms with Crippen LogP contribution in [0.4, 0.5) is 5.82 Å². The Morgan fingerprint density at radius 1 is 1.44 bits per heavy atom. The smallest absolute Gasteiger partial charge is 0.354 e. The molecule has 1 fully saturated rings. The van der Waals surface area contributed by atoms with Crippen molar-refractivity contribution in [1.29, 1.82) is 0 Å². The number of carboxylic acids is 1. The van der Waals surface area contributed by atoms with E-state index in [9.17, 15) is 4.79 Å². The minimum absolute atomic E-state index is 0.122. The molecule has 1 N–H and O–H groups in total. The zero-order chi connectivity index (χ0) is 13.2. The minimum Gasteiger partial charge on any atom is -0.477 e. The third-order valence-electron chi connectivity index (χ3n) is 4.10. The molecule has 0 unspecified atom stereocenters. The molecule has 0 aromatic carbocycles. The highest BCUT2D eigenvalue weighted by Crippen LogP contribution is 2.35. The Hall–Kier alpha value is -1.58. The van der Waals surface area contributed by atoms with Gasteiger partial charge >= 0.3 is 5.97 Å². The number of nitrogens with zero attached hydrogens (tertiary/aromatic N) is 2. The normalized spacial score (nSPS) is 18.7. The predicted octanol–water partition coefficient (Wildman–Crippen LogP) is 2.80. The van der Waals surface area contributed by atoms with Crippen LogP contribution in [0, 0.1) is 5.41 Å². The van der Waals surface area contributed by atoms with Crippen molar-refractivity contribution < 1.29 is 9.90 Å². The zero-order valence-corrected chi connectivity index (χ0v) is 11.0. The number of aromatic nitrogens is 1. The summed E-state index contributed by atoms with van der Waals surface area (Å²) in [5, 5.41) is 8.95. The first-order valence-corrected chi connectivity index (χ1v) is 6.49. The number of carbonyl (C=O) groups is 1. The van der Waals surface area contributed by atoms with Crippen LogP contribution in [0.15, 0.2) is 18.2 Å². The molecule has 0 amide bonds. The summed E-state index contributed by atoms with van der Waals surface area (Å²) in [5.74, 6) is -0.180. The molecule has 2 rings (SSSR count). The number of aromatic carboxylic acids is 1. The Balaban J connectivity index is 2.10. The summed E-state index contributed by atoms with van der Waals surface area (Å²) in [6.07, 6.45) is 3.48. The average molecular weight is 248 g/mol. The van der Waals surface area contributed by atoms with Gasteiger partial charge in [-0.25, -0.2) is 9.78 Å². The third-order valence-corrected chi connectivity index (χ3v) is 4.10. The number of piperidine rings is 1. The zero-order valence-electron chi connectivity index (χ0n) is 11.0. The first-order chi connectivity index (χ1) is 8.54. The molecule has 4 heteroatoms. The molecule has 1 saturated heterocycles. The molecule has 18 heavy (non-hydrogen) atoms. The second-order valence-electron chi connectivity index (χ2n) is 5.34. The molecule has 0 aliphatic carbocycles. The summed E-state index contributed by atoms with van der Waals surface area (Å²) < 4.78 is 0. The number of hydrogen-bond donors (Lipinski definition) is 1. The summed E-state index contributed by atoms with van der Waals surface area (Å²) in [6.45, 7) is 6.48. The Morgan fingerprint density at radius 2 is 2.11 bits per heavy atom. The molecule has 98 valence electrons. The van der Waals surface area contributed by atoms with Gasteiger partial charge in [0.05, 0.1) is 0 Å². The standard InChI is InChI=1S/C14H20N2O2/c1-3-14(2)7-9-16(10-8-14)12-6-4-5-11(15-12)13(17)18/h4-6H,3,7-10H2,1-2H3,(H,17,18). The fourth-order valence-electron chi connectivity index (χ4n) is 2.35. The van der Waals surface area contributed by atoms with E-state index in [2.05, 4.69) is 23.7 Å². The lowest BCUT2D eigenvalue weighted by Gasteiger charge is -2.39. The maximum atomic E-state index is 10.9. The van der Waals surface area contributed by atoms with E-state index in [4.69, 9.17) is 5.11 Å². The largest absolute Gasteiger partial charge is 0.477 e. The van der Waals surface area contributed by atoms with Crippen molar-refractivity contribution in [2.75, 3.05) is 18.0 Å². The van der Waals surface area contributed by atoms with Crippen molar-refractivity contribution in [1.82, 2.24) is 4.98 Å². The van der Waals surface area contributed by atoms with Crippen molar-refractivity contribution in [3.05, 3.63) is 23.9 Å². The van der Waals surface area contributed by atoms with Crippen LogP contribution in [-0.4, -0.2) is 29.1 Å². The van der Waals surface area contributed by atoms with Crippen LogP contribution >= 0.6 is 0 Å². The van der Waals surface area contributed by atoms with Gasteiger partial charge in [0.2, 0.25) is 0 Å². The second kappa shape index (κ2) is 4.96. The van der Waals surface area contributed by atoms with E-state index >= 15 is 0 Å². The Labute approximate surface area is 108 Å². The lowest BCUT2D eigenvalue weighted by atomic mass is 9.78. The molecule has 2 heterocycles. The maximum absolute atomic E-state index is 10.9. The van der Waals surface area contributed by atoms with Gasteiger partial charge in [-0.05, 0) is 30.4 Å². The monoisotopic (exact) mass is 248 g/mol. The molecule has 4 nitrogen and oxygen atoms in total. The molecule has 0 bridgehead atoms. The highest BCUT2D eigenvalue weighted by atomic mass is 16.4. The molecule has 0 atom stereocenters. The number of rotatable bonds is 3. The molecule has 1 aliphatic rings. The summed E-state index contributed by atoms with van der Waals surface area (Å²) in [4.78, 5) is 17.3. The molecule has 0 radical (unpaired) electrons. The van der Waals surface area contributed by atoms with Crippen LogP contribution < -0.4 is 4.90 Å². The van der Waals surface area contributed by atoms with Crippen LogP contribution in [0.5, 0.6) is 0 Å². The first kappa shape index (κ1) is 12.9. The van der Waals surface area contributed by atoms with Gasteiger partial charge < -0.3 is 10.0 Å². The van der Waals surface area contributed by atoms with Crippen LogP contribution in [0.2, 0.25) is 0 Å². The topological polar surface area (TPSA) is 53.4 Å². The molecule has 1 aromatic rings. The average Bonchev–Trinajstić information content (AvgIpc) is 2.40. The van der Waals surface area contributed by atoms with Gasteiger partial charge in [0.1, 0.15) is 5.82 Å². The number of carboxylic acid groups (broad SMARTS) is 1. The predicted molar refractivity (Wildman–Crippen MR) is 71.0 cm³/mol. The van der Waals surface area contributed by atoms with Gasteiger partial charge in [0.25, 0.3) is 0 Å². The molecular formula is C14H20N2O2. The second-order valence-corrected chi connectivity index (χ2v) is 5.34. The van der Waals surface area contributed by atoms with Crippen LogP contribution in [0.1, 0.15) is 43.6 Å². The Morgan fingerprint density at radius 3 is 2.67 bits per heavy atom. The summed E-state index contributed by atoms with van der Waals surface area (Å²) >= 11 is 0. The van der Waals surface area contributed by atoms with E-state index in [1.165, 1.54) is 12.5 Å². The molecule has 1 aromatic heterocycles. The highest BCUT2D eigenvalue weighted by molar-refractivity contribution is 5.85. The van der Waals surface area contributed by atoms with Gasteiger partial charge in [-0.1, -0.05) is 26.3 Å². The van der Waals surface area contributed by atoms with Crippen molar-refractivity contribution in [2.45, 2.75) is 33.1 Å². The van der Waals surface area contributed by atoms with E-state index in [0.717, 1.165) is 31.7 Å². The van der Waals surface area contributed by atoms with Gasteiger partial charge in [0, 0.05) is 13.1 Å². The number of pyridine rings is 1. The van der Waals surface area contributed by atoms with Crippen molar-refractivity contribution in [2.24, 2.45) is 5.41 Å². The number of anilines is 1. The lowest BCUT2D eigenvalue weighted by Crippen LogP contribution is -2.38. The van der Waals surface area contributed by atoms with E-state index in [-0.39, 0.29) is 5.69 Å². The minimum atomic E-state index is -0.966. The van der Waals surface area contributed by atoms with Crippen LogP contribution in [-0.2, 0) is 0 Å². The van der Waals surface area contributed by atoms with E-state index in [0.29, 0.717) is 5.41 Å². The fraction of sp³-hybridized carbons (Fsp3) is 0.571. The molecule has 0 spiro atoms. The van der Waals surface area contributed by atoms with E-state index in [1.54, 1.807) is 6.07 Å². The van der Waals surface area contributed by atoms with Gasteiger partial charge in [-0.3, -0.25) is 0 Å². The molecule has 0 saturated carbocycles. The van der Waals surface area contributed by atoms with Crippen molar-refractivity contribution in [3.8, 4) is 0 Å². The van der Waals surface area contributed by atoms with Crippen LogP contribution in [0.25, 0.3) is 0 Å². The summed E-state index contributed by atoms with van der Waals surface area (Å²) in [6, 6.07) is 5.19. The highest BCUT2D eigenvalue weighted by Gasteiger charge is 2.28. The molecule has 1 aliphatic heterocycles. The van der Waals surface area contributed by atoms with E-state index in [1.807, 2.05) is 6.07 Å². The third kappa shape index (κ3) is 2.63. The van der Waals surface area contributed by atoms with E-state index < -0.39 is 5.97 Å². The van der Waals surface area contributed by atoms with Crippen molar-refractivity contribution >= 4 is 11.8 Å². The Kier molecular flexibility index (Phi) is 3.55. The summed E-state index contributed by atoms with van der Waals surface area (Å²) in [7, 11) is 0. The summed E-state index contributed by atoms with van der Waals surface area (Å²) in [5.41, 5.74) is 0.553. The lowest BCUT2D eigenvalue weighted by molar-refractivity contribution is 0.0690. The quantitative estimate of drug-likeness (QED) is 0.893. The maximum Gasteiger partial charge on any atom is 0.354 e. The first-order valence-electron chi connectivity index (χ1n) is 6.49. The number of hydrogen-bond acceptors (Lipinski definition) is 3. The van der Waals surface area contributed by atoms with Gasteiger partial charge in [0.15, 0.2) is 5.69 Å². The SMILES string of the molecule is CCC1(C)CCN(c2cccc(C(=O)O)n2)CC1.